The molecule has 0 fully saturated rings. The highest BCUT2D eigenvalue weighted by atomic mass is 35.5. The number of rotatable bonds is 5. The first-order valence-corrected chi connectivity index (χ1v) is 6.04. The lowest BCUT2D eigenvalue weighted by atomic mass is 10.3. The van der Waals surface area contributed by atoms with Gasteiger partial charge in [0.1, 0.15) is 0 Å². The Hall–Kier alpha value is 0.200. The molecule has 0 rings (SSSR count). The van der Waals surface area contributed by atoms with Crippen molar-refractivity contribution in [3.8, 4) is 0 Å². The van der Waals surface area contributed by atoms with Crippen LogP contribution >= 0.6 is 11.6 Å². The minimum absolute atomic E-state index is 0.146. The van der Waals surface area contributed by atoms with Crippen LogP contribution in [0.2, 0.25) is 0 Å². The van der Waals surface area contributed by atoms with Gasteiger partial charge in [0.2, 0.25) is 10.0 Å². The van der Waals surface area contributed by atoms with Gasteiger partial charge in [0.25, 0.3) is 0 Å². The van der Waals surface area contributed by atoms with E-state index in [0.29, 0.717) is 6.54 Å². The maximum absolute atomic E-state index is 11.2. The molecule has 1 atom stereocenters. The van der Waals surface area contributed by atoms with Crippen molar-refractivity contribution >= 4 is 21.6 Å². The Morgan fingerprint density at radius 1 is 1.33 bits per heavy atom. The van der Waals surface area contributed by atoms with Crippen LogP contribution in [0.4, 0.5) is 0 Å². The molecule has 0 heterocycles. The first kappa shape index (κ1) is 12.2. The van der Waals surface area contributed by atoms with Crippen molar-refractivity contribution < 1.29 is 8.42 Å². The van der Waals surface area contributed by atoms with Gasteiger partial charge in [0, 0.05) is 11.9 Å². The van der Waals surface area contributed by atoms with Crippen LogP contribution in [0, 0.1) is 5.92 Å². The van der Waals surface area contributed by atoms with Crippen molar-refractivity contribution in [2.45, 2.75) is 26.1 Å². The Kier molecular flexibility index (Phi) is 5.13. The van der Waals surface area contributed by atoms with Crippen molar-refractivity contribution in [1.29, 1.82) is 0 Å². The molecule has 0 radical (unpaired) electrons. The Morgan fingerprint density at radius 3 is 2.17 bits per heavy atom. The van der Waals surface area contributed by atoms with Gasteiger partial charge in [-0.05, 0) is 12.8 Å². The molecule has 0 saturated carbocycles. The van der Waals surface area contributed by atoms with Crippen LogP contribution in [0.1, 0.15) is 20.8 Å². The summed E-state index contributed by atoms with van der Waals surface area (Å²) < 4.78 is 24.8. The zero-order chi connectivity index (χ0) is 9.78. The standard InChI is InChI=1S/C7H16ClNO2S/c1-6(2)5-12(10,11)9-4-7(3)8/h6-7,9H,4-5H2,1-3H3. The quantitative estimate of drug-likeness (QED) is 0.698. The number of alkyl halides is 1. The molecule has 74 valence electrons. The summed E-state index contributed by atoms with van der Waals surface area (Å²) in [5.41, 5.74) is 0. The van der Waals surface area contributed by atoms with Crippen LogP contribution in [0.3, 0.4) is 0 Å². The number of sulfonamides is 1. The monoisotopic (exact) mass is 213 g/mol. The number of halogens is 1. The summed E-state index contributed by atoms with van der Waals surface area (Å²) in [6.07, 6.45) is 0. The van der Waals surface area contributed by atoms with E-state index in [1.807, 2.05) is 13.8 Å². The van der Waals surface area contributed by atoms with Crippen LogP contribution in [-0.4, -0.2) is 26.1 Å². The third-order valence-electron chi connectivity index (χ3n) is 1.14. The van der Waals surface area contributed by atoms with E-state index in [1.165, 1.54) is 0 Å². The predicted octanol–water partition coefficient (Wildman–Crippen LogP) is 1.19. The highest BCUT2D eigenvalue weighted by Crippen LogP contribution is 1.98. The molecule has 0 aromatic rings. The lowest BCUT2D eigenvalue weighted by Gasteiger charge is -2.09. The minimum atomic E-state index is -3.11. The maximum atomic E-state index is 11.2. The molecular weight excluding hydrogens is 198 g/mol. The molecule has 0 amide bonds. The van der Waals surface area contributed by atoms with Gasteiger partial charge >= 0.3 is 0 Å². The molecule has 1 N–H and O–H groups in total. The Bertz CT molecular complexity index is 211. The molecule has 3 nitrogen and oxygen atoms in total. The molecule has 0 spiro atoms. The lowest BCUT2D eigenvalue weighted by Crippen LogP contribution is -2.32. The second-order valence-electron chi connectivity index (χ2n) is 3.30. The summed E-state index contributed by atoms with van der Waals surface area (Å²) in [6.45, 7) is 5.78. The van der Waals surface area contributed by atoms with Gasteiger partial charge in [-0.3, -0.25) is 0 Å². The number of hydrogen-bond donors (Lipinski definition) is 1. The number of hydrogen-bond acceptors (Lipinski definition) is 2. The predicted molar refractivity (Wildman–Crippen MR) is 51.9 cm³/mol. The fourth-order valence-electron chi connectivity index (χ4n) is 0.740. The SMILES string of the molecule is CC(C)CS(=O)(=O)NCC(C)Cl. The topological polar surface area (TPSA) is 46.2 Å². The molecule has 12 heavy (non-hydrogen) atoms. The van der Waals surface area contributed by atoms with Gasteiger partial charge < -0.3 is 0 Å². The molecule has 0 aliphatic carbocycles. The molecule has 0 saturated heterocycles. The average Bonchev–Trinajstić information content (AvgIpc) is 1.81. The Labute approximate surface area is 79.5 Å². The first-order chi connectivity index (χ1) is 5.33. The van der Waals surface area contributed by atoms with Crippen LogP contribution < -0.4 is 4.72 Å². The van der Waals surface area contributed by atoms with E-state index >= 15 is 0 Å². The van der Waals surface area contributed by atoms with Gasteiger partial charge in [0.05, 0.1) is 5.75 Å². The van der Waals surface area contributed by atoms with Gasteiger partial charge in [-0.1, -0.05) is 13.8 Å². The molecule has 0 aromatic carbocycles. The highest BCUT2D eigenvalue weighted by Gasteiger charge is 2.12. The largest absolute Gasteiger partial charge is 0.214 e. The second kappa shape index (κ2) is 5.04. The van der Waals surface area contributed by atoms with E-state index in [-0.39, 0.29) is 17.0 Å². The first-order valence-electron chi connectivity index (χ1n) is 3.95. The highest BCUT2D eigenvalue weighted by molar-refractivity contribution is 7.89. The summed E-state index contributed by atoms with van der Waals surface area (Å²) in [7, 11) is -3.11. The fraction of sp³-hybridized carbons (Fsp3) is 1.00. The maximum Gasteiger partial charge on any atom is 0.211 e. The molecule has 1 unspecified atom stereocenters. The van der Waals surface area contributed by atoms with Crippen molar-refractivity contribution in [2.24, 2.45) is 5.92 Å². The van der Waals surface area contributed by atoms with Crippen molar-refractivity contribution in [2.75, 3.05) is 12.3 Å². The molecule has 0 bridgehead atoms. The van der Waals surface area contributed by atoms with E-state index in [4.69, 9.17) is 11.6 Å². The second-order valence-corrected chi connectivity index (χ2v) is 5.90. The van der Waals surface area contributed by atoms with Crippen LogP contribution in [-0.2, 0) is 10.0 Å². The Morgan fingerprint density at radius 2 is 1.83 bits per heavy atom. The summed E-state index contributed by atoms with van der Waals surface area (Å²) in [5, 5.41) is -0.160. The van der Waals surface area contributed by atoms with Crippen molar-refractivity contribution in [1.82, 2.24) is 4.72 Å². The van der Waals surface area contributed by atoms with Crippen molar-refractivity contribution in [3.63, 3.8) is 0 Å². The van der Waals surface area contributed by atoms with E-state index in [1.54, 1.807) is 6.92 Å². The van der Waals surface area contributed by atoms with Gasteiger partial charge in [-0.2, -0.15) is 0 Å². The normalized spacial score (nSPS) is 15.1. The molecule has 0 aliphatic rings. The van der Waals surface area contributed by atoms with Crippen LogP contribution in [0.25, 0.3) is 0 Å². The lowest BCUT2D eigenvalue weighted by molar-refractivity contribution is 0.568. The van der Waals surface area contributed by atoms with Gasteiger partial charge in [-0.15, -0.1) is 11.6 Å². The molecular formula is C7H16ClNO2S. The Balaban J connectivity index is 3.89. The summed E-state index contributed by atoms with van der Waals surface area (Å²) in [5.74, 6) is 0.310. The third-order valence-corrected chi connectivity index (χ3v) is 3.00. The van der Waals surface area contributed by atoms with E-state index in [0.717, 1.165) is 0 Å². The summed E-state index contributed by atoms with van der Waals surface area (Å²) in [6, 6.07) is 0. The van der Waals surface area contributed by atoms with Gasteiger partial charge in [-0.25, -0.2) is 13.1 Å². The van der Waals surface area contributed by atoms with Gasteiger partial charge in [0.15, 0.2) is 0 Å². The summed E-state index contributed by atoms with van der Waals surface area (Å²) >= 11 is 5.59. The van der Waals surface area contributed by atoms with Crippen LogP contribution in [0.15, 0.2) is 0 Å². The fourth-order valence-corrected chi connectivity index (χ4v) is 2.41. The zero-order valence-corrected chi connectivity index (χ0v) is 9.24. The molecule has 5 heteroatoms. The average molecular weight is 214 g/mol. The zero-order valence-electron chi connectivity index (χ0n) is 7.67. The smallest absolute Gasteiger partial charge is 0.211 e. The number of nitrogens with one attached hydrogen (secondary N) is 1. The van der Waals surface area contributed by atoms with E-state index in [2.05, 4.69) is 4.72 Å². The van der Waals surface area contributed by atoms with Crippen LogP contribution in [0.5, 0.6) is 0 Å². The molecule has 0 aliphatic heterocycles. The van der Waals surface area contributed by atoms with E-state index in [9.17, 15) is 8.42 Å². The third kappa shape index (κ3) is 6.88. The minimum Gasteiger partial charge on any atom is -0.214 e. The summed E-state index contributed by atoms with van der Waals surface area (Å²) in [4.78, 5) is 0. The molecule has 0 aromatic heterocycles. The van der Waals surface area contributed by atoms with E-state index < -0.39 is 10.0 Å². The van der Waals surface area contributed by atoms with Crippen molar-refractivity contribution in [3.05, 3.63) is 0 Å².